The van der Waals surface area contributed by atoms with Crippen LogP contribution in [0.25, 0.3) is 0 Å². The van der Waals surface area contributed by atoms with Gasteiger partial charge in [-0.3, -0.25) is 0 Å². The van der Waals surface area contributed by atoms with Crippen LogP contribution in [0, 0.1) is 17.8 Å². The van der Waals surface area contributed by atoms with Crippen LogP contribution in [0.4, 0.5) is 0 Å². The average molecular weight is 153 g/mol. The molecule has 1 aliphatic carbocycles. The van der Waals surface area contributed by atoms with Crippen molar-refractivity contribution in [1.82, 2.24) is 5.32 Å². The van der Waals surface area contributed by atoms with E-state index in [0.29, 0.717) is 0 Å². The van der Waals surface area contributed by atoms with Crippen LogP contribution in [0.3, 0.4) is 0 Å². The Morgan fingerprint density at radius 1 is 1.18 bits per heavy atom. The molecule has 11 heavy (non-hydrogen) atoms. The molecule has 0 amide bonds. The fraction of sp³-hybridized carbons (Fsp3) is 1.00. The first-order valence-electron chi connectivity index (χ1n) is 5.12. The second-order valence-corrected chi connectivity index (χ2v) is 4.16. The van der Waals surface area contributed by atoms with E-state index in [4.69, 9.17) is 0 Å². The molecule has 1 aliphatic heterocycles. The van der Waals surface area contributed by atoms with Crippen molar-refractivity contribution in [3.63, 3.8) is 0 Å². The number of hydrogen-bond acceptors (Lipinski definition) is 1. The van der Waals surface area contributed by atoms with Crippen LogP contribution in [0.1, 0.15) is 32.6 Å². The Balaban J connectivity index is 2.06. The summed E-state index contributed by atoms with van der Waals surface area (Å²) in [6, 6.07) is 0. The Labute approximate surface area is 69.6 Å². The summed E-state index contributed by atoms with van der Waals surface area (Å²) >= 11 is 0. The summed E-state index contributed by atoms with van der Waals surface area (Å²) in [4.78, 5) is 0. The standard InChI is InChI=1S/C10H19N/c1-2-10-8-3-4-9(10)7-11-6-5-8/h8-11H,2-7H2,1H3. The van der Waals surface area contributed by atoms with Gasteiger partial charge in [-0.15, -0.1) is 0 Å². The highest BCUT2D eigenvalue weighted by atomic mass is 14.9. The van der Waals surface area contributed by atoms with Gasteiger partial charge >= 0.3 is 0 Å². The van der Waals surface area contributed by atoms with Gasteiger partial charge in [0.2, 0.25) is 0 Å². The summed E-state index contributed by atoms with van der Waals surface area (Å²) in [7, 11) is 0. The molecule has 0 radical (unpaired) electrons. The lowest BCUT2D eigenvalue weighted by atomic mass is 9.87. The molecule has 2 rings (SSSR count). The number of fused-ring (bicyclic) bond motifs is 2. The van der Waals surface area contributed by atoms with E-state index in [1.165, 1.54) is 38.8 Å². The van der Waals surface area contributed by atoms with E-state index in [1.807, 2.05) is 0 Å². The SMILES string of the molecule is CCC1C2CCNCC1CC2. The lowest BCUT2D eigenvalue weighted by Gasteiger charge is -2.19. The quantitative estimate of drug-likeness (QED) is 0.608. The van der Waals surface area contributed by atoms with Crippen molar-refractivity contribution < 1.29 is 0 Å². The van der Waals surface area contributed by atoms with Crippen molar-refractivity contribution in [3.05, 3.63) is 0 Å². The molecule has 1 nitrogen and oxygen atoms in total. The topological polar surface area (TPSA) is 12.0 Å². The Kier molecular flexibility index (Phi) is 2.17. The molecule has 0 aromatic heterocycles. The fourth-order valence-corrected chi connectivity index (χ4v) is 3.09. The minimum atomic E-state index is 1.02. The van der Waals surface area contributed by atoms with Crippen molar-refractivity contribution in [2.45, 2.75) is 32.6 Å². The number of hydrogen-bond donors (Lipinski definition) is 1. The molecule has 1 N–H and O–H groups in total. The maximum atomic E-state index is 3.54. The normalized spacial score (nSPS) is 43.9. The van der Waals surface area contributed by atoms with E-state index in [1.54, 1.807) is 0 Å². The molecule has 1 heteroatoms. The molecular weight excluding hydrogens is 134 g/mol. The van der Waals surface area contributed by atoms with Gasteiger partial charge in [0, 0.05) is 0 Å². The van der Waals surface area contributed by atoms with E-state index in [-0.39, 0.29) is 0 Å². The summed E-state index contributed by atoms with van der Waals surface area (Å²) in [6.07, 6.45) is 5.87. The first-order valence-corrected chi connectivity index (χ1v) is 5.12. The minimum Gasteiger partial charge on any atom is -0.316 e. The van der Waals surface area contributed by atoms with Crippen LogP contribution in [-0.2, 0) is 0 Å². The zero-order chi connectivity index (χ0) is 7.68. The fourth-order valence-electron chi connectivity index (χ4n) is 3.09. The summed E-state index contributed by atoms with van der Waals surface area (Å²) in [5.41, 5.74) is 0. The molecule has 0 spiro atoms. The highest BCUT2D eigenvalue weighted by Gasteiger charge is 2.35. The first-order chi connectivity index (χ1) is 5.42. The smallest absolute Gasteiger partial charge is 0.00178 e. The van der Waals surface area contributed by atoms with Gasteiger partial charge in [-0.05, 0) is 50.1 Å². The van der Waals surface area contributed by atoms with Gasteiger partial charge < -0.3 is 5.32 Å². The largest absolute Gasteiger partial charge is 0.316 e. The molecule has 2 aliphatic rings. The molecule has 3 unspecified atom stereocenters. The maximum absolute atomic E-state index is 3.54. The Hall–Kier alpha value is -0.0400. The van der Waals surface area contributed by atoms with E-state index in [2.05, 4.69) is 12.2 Å². The van der Waals surface area contributed by atoms with E-state index in [0.717, 1.165) is 17.8 Å². The van der Waals surface area contributed by atoms with E-state index >= 15 is 0 Å². The average Bonchev–Trinajstić information content (AvgIpc) is 2.23. The Bertz CT molecular complexity index is 119. The molecule has 2 bridgehead atoms. The molecular formula is C10H19N. The lowest BCUT2D eigenvalue weighted by Crippen LogP contribution is -2.22. The van der Waals surface area contributed by atoms with Crippen LogP contribution in [0.2, 0.25) is 0 Å². The monoisotopic (exact) mass is 153 g/mol. The number of rotatable bonds is 1. The minimum absolute atomic E-state index is 1.02. The van der Waals surface area contributed by atoms with Gasteiger partial charge in [-0.1, -0.05) is 13.3 Å². The molecule has 1 heterocycles. The van der Waals surface area contributed by atoms with E-state index in [9.17, 15) is 0 Å². The highest BCUT2D eigenvalue weighted by Crippen LogP contribution is 2.41. The number of nitrogens with one attached hydrogen (secondary N) is 1. The molecule has 1 saturated heterocycles. The van der Waals surface area contributed by atoms with Gasteiger partial charge in [0.05, 0.1) is 0 Å². The Morgan fingerprint density at radius 3 is 2.82 bits per heavy atom. The van der Waals surface area contributed by atoms with Gasteiger partial charge in [0.1, 0.15) is 0 Å². The summed E-state index contributed by atoms with van der Waals surface area (Å²) in [5, 5.41) is 3.54. The lowest BCUT2D eigenvalue weighted by molar-refractivity contribution is 0.317. The maximum Gasteiger partial charge on any atom is -0.00178 e. The van der Waals surface area contributed by atoms with Gasteiger partial charge in [0.15, 0.2) is 0 Å². The summed E-state index contributed by atoms with van der Waals surface area (Å²) in [6.45, 7) is 4.94. The van der Waals surface area contributed by atoms with Gasteiger partial charge in [0.25, 0.3) is 0 Å². The molecule has 0 aromatic rings. The molecule has 0 aromatic carbocycles. The second kappa shape index (κ2) is 3.14. The predicted molar refractivity (Wildman–Crippen MR) is 47.5 cm³/mol. The van der Waals surface area contributed by atoms with Crippen LogP contribution < -0.4 is 5.32 Å². The summed E-state index contributed by atoms with van der Waals surface area (Å²) in [5.74, 6) is 3.15. The van der Waals surface area contributed by atoms with Gasteiger partial charge in [-0.2, -0.15) is 0 Å². The molecule has 64 valence electrons. The van der Waals surface area contributed by atoms with Crippen LogP contribution in [0.5, 0.6) is 0 Å². The zero-order valence-electron chi connectivity index (χ0n) is 7.47. The van der Waals surface area contributed by atoms with Crippen molar-refractivity contribution in [3.8, 4) is 0 Å². The first kappa shape index (κ1) is 7.60. The highest BCUT2D eigenvalue weighted by molar-refractivity contribution is 4.87. The molecule has 2 fully saturated rings. The second-order valence-electron chi connectivity index (χ2n) is 4.16. The third-order valence-electron chi connectivity index (χ3n) is 3.69. The van der Waals surface area contributed by atoms with Gasteiger partial charge in [-0.25, -0.2) is 0 Å². The van der Waals surface area contributed by atoms with Crippen molar-refractivity contribution >= 4 is 0 Å². The molecule has 3 atom stereocenters. The third-order valence-corrected chi connectivity index (χ3v) is 3.69. The van der Waals surface area contributed by atoms with Crippen LogP contribution in [-0.4, -0.2) is 13.1 Å². The third kappa shape index (κ3) is 1.31. The predicted octanol–water partition coefficient (Wildman–Crippen LogP) is 2.03. The zero-order valence-corrected chi connectivity index (χ0v) is 7.47. The van der Waals surface area contributed by atoms with E-state index < -0.39 is 0 Å². The Morgan fingerprint density at radius 2 is 2.00 bits per heavy atom. The van der Waals surface area contributed by atoms with Crippen LogP contribution >= 0.6 is 0 Å². The molecule has 1 saturated carbocycles. The van der Waals surface area contributed by atoms with Crippen molar-refractivity contribution in [1.29, 1.82) is 0 Å². The van der Waals surface area contributed by atoms with Crippen molar-refractivity contribution in [2.75, 3.05) is 13.1 Å². The van der Waals surface area contributed by atoms with Crippen LogP contribution in [0.15, 0.2) is 0 Å². The summed E-state index contributed by atoms with van der Waals surface area (Å²) < 4.78 is 0. The van der Waals surface area contributed by atoms with Crippen molar-refractivity contribution in [2.24, 2.45) is 17.8 Å².